The van der Waals surface area contributed by atoms with Gasteiger partial charge in [0.05, 0.1) is 12.5 Å². The zero-order valence-corrected chi connectivity index (χ0v) is 13.7. The summed E-state index contributed by atoms with van der Waals surface area (Å²) in [7, 11) is 0. The monoisotopic (exact) mass is 329 g/mol. The molecule has 0 unspecified atom stereocenters. The van der Waals surface area contributed by atoms with Crippen LogP contribution in [-0.2, 0) is 27.4 Å². The van der Waals surface area contributed by atoms with Crippen LogP contribution < -0.4 is 0 Å². The third-order valence-electron chi connectivity index (χ3n) is 4.11. The number of carbonyl (C=O) groups is 2. The van der Waals surface area contributed by atoms with Crippen molar-refractivity contribution in [1.82, 2.24) is 15.0 Å². The van der Waals surface area contributed by atoms with Gasteiger partial charge in [-0.05, 0) is 17.5 Å². The molecule has 0 saturated carbocycles. The summed E-state index contributed by atoms with van der Waals surface area (Å²) in [4.78, 5) is 29.9. The third kappa shape index (κ3) is 3.45. The number of hydrogen-bond acceptors (Lipinski definition) is 6. The molecule has 24 heavy (non-hydrogen) atoms. The van der Waals surface area contributed by atoms with Crippen molar-refractivity contribution in [2.75, 3.05) is 6.54 Å². The van der Waals surface area contributed by atoms with Crippen LogP contribution in [0.25, 0.3) is 0 Å². The van der Waals surface area contributed by atoms with Crippen molar-refractivity contribution in [3.05, 3.63) is 47.1 Å². The van der Waals surface area contributed by atoms with Gasteiger partial charge in [0.25, 0.3) is 0 Å². The molecule has 2 heterocycles. The lowest BCUT2D eigenvalue weighted by atomic mass is 9.90. The first-order valence-electron chi connectivity index (χ1n) is 7.84. The summed E-state index contributed by atoms with van der Waals surface area (Å²) in [6.07, 6.45) is 0.900. The highest BCUT2D eigenvalue weighted by Gasteiger charge is 2.31. The Labute approximate surface area is 139 Å². The van der Waals surface area contributed by atoms with Crippen LogP contribution in [0.15, 0.2) is 28.8 Å². The number of hydrogen-bond donors (Lipinski definition) is 0. The maximum Gasteiger partial charge on any atom is 0.308 e. The van der Waals surface area contributed by atoms with Gasteiger partial charge in [0.1, 0.15) is 0 Å². The summed E-state index contributed by atoms with van der Waals surface area (Å²) in [5.41, 5.74) is 2.17. The van der Waals surface area contributed by atoms with Crippen molar-refractivity contribution in [3.63, 3.8) is 0 Å². The molecule has 7 heteroatoms. The molecule has 1 aromatic carbocycles. The molecule has 0 radical (unpaired) electrons. The minimum Gasteiger partial charge on any atom is -0.457 e. The van der Waals surface area contributed by atoms with E-state index < -0.39 is 5.97 Å². The van der Waals surface area contributed by atoms with E-state index in [1.54, 1.807) is 11.8 Å². The number of nitrogens with zero attached hydrogens (tertiary/aromatic N) is 3. The lowest BCUT2D eigenvalue weighted by Gasteiger charge is -2.36. The van der Waals surface area contributed by atoms with E-state index in [1.807, 2.05) is 24.3 Å². The van der Waals surface area contributed by atoms with Crippen LogP contribution in [-0.4, -0.2) is 33.5 Å². The minimum atomic E-state index is -0.398. The summed E-state index contributed by atoms with van der Waals surface area (Å²) >= 11 is 0. The number of ether oxygens (including phenoxy) is 1. The second-order valence-corrected chi connectivity index (χ2v) is 5.77. The predicted molar refractivity (Wildman–Crippen MR) is 83.7 cm³/mol. The highest BCUT2D eigenvalue weighted by molar-refractivity contribution is 5.76. The van der Waals surface area contributed by atoms with Gasteiger partial charge in [-0.1, -0.05) is 29.4 Å². The number of fused-ring (bicyclic) bond motifs is 1. The lowest BCUT2D eigenvalue weighted by molar-refractivity contribution is -0.148. The first kappa shape index (κ1) is 16.2. The van der Waals surface area contributed by atoms with Gasteiger partial charge in [-0.3, -0.25) is 9.59 Å². The highest BCUT2D eigenvalue weighted by Crippen LogP contribution is 2.32. The summed E-state index contributed by atoms with van der Waals surface area (Å²) in [6, 6.07) is 7.59. The Morgan fingerprint density at radius 3 is 2.88 bits per heavy atom. The van der Waals surface area contributed by atoms with Crippen LogP contribution in [0.3, 0.4) is 0 Å². The van der Waals surface area contributed by atoms with Crippen molar-refractivity contribution in [1.29, 1.82) is 0 Å². The summed E-state index contributed by atoms with van der Waals surface area (Å²) < 4.78 is 10.1. The second-order valence-electron chi connectivity index (χ2n) is 5.77. The Bertz CT molecular complexity index is 756. The molecule has 0 bridgehead atoms. The highest BCUT2D eigenvalue weighted by atomic mass is 16.5. The fraction of sp³-hybridized carbons (Fsp3) is 0.412. The Balaban J connectivity index is 1.70. The molecule has 0 saturated heterocycles. The van der Waals surface area contributed by atoms with E-state index in [1.165, 1.54) is 12.5 Å². The van der Waals surface area contributed by atoms with Gasteiger partial charge in [0.2, 0.25) is 17.6 Å². The van der Waals surface area contributed by atoms with E-state index in [9.17, 15) is 9.59 Å². The number of esters is 1. The largest absolute Gasteiger partial charge is 0.457 e. The molecule has 7 nitrogen and oxygen atoms in total. The fourth-order valence-electron chi connectivity index (χ4n) is 3.01. The molecular formula is C17H19N3O4. The zero-order valence-electron chi connectivity index (χ0n) is 13.7. The SMILES string of the molecule is CC(=O)N1CCc2ccccc2[C@H]1CC(=O)OCc1noc(C)n1. The van der Waals surface area contributed by atoms with E-state index >= 15 is 0 Å². The van der Waals surface area contributed by atoms with Crippen LogP contribution in [0.5, 0.6) is 0 Å². The van der Waals surface area contributed by atoms with E-state index in [0.29, 0.717) is 18.3 Å². The molecule has 1 aliphatic heterocycles. The van der Waals surface area contributed by atoms with Crippen LogP contribution in [0.4, 0.5) is 0 Å². The van der Waals surface area contributed by atoms with Crippen LogP contribution >= 0.6 is 0 Å². The zero-order chi connectivity index (χ0) is 17.1. The predicted octanol–water partition coefficient (Wildman–Crippen LogP) is 1.96. The molecule has 0 N–H and O–H groups in total. The van der Waals surface area contributed by atoms with Gasteiger partial charge in [0, 0.05) is 20.4 Å². The van der Waals surface area contributed by atoms with Gasteiger partial charge >= 0.3 is 5.97 Å². The topological polar surface area (TPSA) is 85.5 Å². The first-order valence-corrected chi connectivity index (χ1v) is 7.84. The van der Waals surface area contributed by atoms with E-state index in [2.05, 4.69) is 10.1 Å². The number of aromatic nitrogens is 2. The Morgan fingerprint density at radius 1 is 1.38 bits per heavy atom. The smallest absolute Gasteiger partial charge is 0.308 e. The third-order valence-corrected chi connectivity index (χ3v) is 4.11. The molecule has 3 rings (SSSR count). The molecular weight excluding hydrogens is 310 g/mol. The van der Waals surface area contributed by atoms with Gasteiger partial charge in [-0.25, -0.2) is 0 Å². The molecule has 0 spiro atoms. The minimum absolute atomic E-state index is 0.0371. The second kappa shape index (κ2) is 6.82. The normalized spacial score (nSPS) is 16.6. The van der Waals surface area contributed by atoms with Gasteiger partial charge in [-0.15, -0.1) is 0 Å². The molecule has 2 aromatic rings. The first-order chi connectivity index (χ1) is 11.5. The Morgan fingerprint density at radius 2 is 2.17 bits per heavy atom. The number of amides is 1. The number of aryl methyl sites for hydroxylation is 1. The van der Waals surface area contributed by atoms with Crippen molar-refractivity contribution in [2.24, 2.45) is 0 Å². The van der Waals surface area contributed by atoms with Crippen LogP contribution in [0, 0.1) is 6.92 Å². The molecule has 0 aliphatic carbocycles. The maximum absolute atomic E-state index is 12.2. The summed E-state index contributed by atoms with van der Waals surface area (Å²) in [5.74, 6) is 0.305. The molecule has 1 atom stereocenters. The lowest BCUT2D eigenvalue weighted by Crippen LogP contribution is -2.39. The number of rotatable bonds is 4. The molecule has 1 aliphatic rings. The van der Waals surface area contributed by atoms with E-state index in [4.69, 9.17) is 9.26 Å². The van der Waals surface area contributed by atoms with Crippen LogP contribution in [0.2, 0.25) is 0 Å². The quantitative estimate of drug-likeness (QED) is 0.797. The maximum atomic E-state index is 12.2. The summed E-state index contributed by atoms with van der Waals surface area (Å²) in [5, 5.41) is 3.69. The number of benzene rings is 1. The fourth-order valence-corrected chi connectivity index (χ4v) is 3.01. The molecule has 126 valence electrons. The standard InChI is InChI=1S/C17H19N3O4/c1-11-18-16(19-24-11)10-23-17(22)9-15-14-6-4-3-5-13(14)7-8-20(15)12(2)21/h3-6,15H,7-10H2,1-2H3/t15-/m1/s1. The van der Waals surface area contributed by atoms with Crippen molar-refractivity contribution in [3.8, 4) is 0 Å². The number of carbonyl (C=O) groups excluding carboxylic acids is 2. The Hall–Kier alpha value is -2.70. The molecule has 1 amide bonds. The van der Waals surface area contributed by atoms with Crippen LogP contribution in [0.1, 0.15) is 42.2 Å². The Kier molecular flexibility index (Phi) is 4.59. The van der Waals surface area contributed by atoms with Crippen molar-refractivity contribution in [2.45, 2.75) is 39.3 Å². The van der Waals surface area contributed by atoms with Gasteiger partial charge in [0.15, 0.2) is 6.61 Å². The summed E-state index contributed by atoms with van der Waals surface area (Å²) in [6.45, 7) is 3.76. The average Bonchev–Trinajstić information content (AvgIpc) is 2.98. The molecule has 1 aromatic heterocycles. The van der Waals surface area contributed by atoms with Crippen molar-refractivity contribution < 1.29 is 18.8 Å². The van der Waals surface area contributed by atoms with E-state index in [0.717, 1.165) is 12.0 Å². The van der Waals surface area contributed by atoms with Crippen molar-refractivity contribution >= 4 is 11.9 Å². The molecule has 0 fully saturated rings. The van der Waals surface area contributed by atoms with Gasteiger partial charge in [-0.2, -0.15) is 4.98 Å². The van der Waals surface area contributed by atoms with Gasteiger partial charge < -0.3 is 14.2 Å². The van der Waals surface area contributed by atoms with E-state index in [-0.39, 0.29) is 25.0 Å². The average molecular weight is 329 g/mol.